The van der Waals surface area contributed by atoms with Gasteiger partial charge in [0, 0.05) is 19.4 Å². The summed E-state index contributed by atoms with van der Waals surface area (Å²) in [5, 5.41) is 10.6. The Morgan fingerprint density at radius 3 is 2.88 bits per heavy atom. The third kappa shape index (κ3) is 3.21. The number of amides is 1. The molecular formula is C17H20N4O3. The molecule has 1 N–H and O–H groups in total. The molecule has 1 aliphatic carbocycles. The molecule has 1 aliphatic rings. The minimum Gasteiger partial charge on any atom is -0.486 e. The van der Waals surface area contributed by atoms with Crippen LogP contribution >= 0.6 is 0 Å². The maximum atomic E-state index is 12.6. The van der Waals surface area contributed by atoms with Crippen LogP contribution in [0.25, 0.3) is 0 Å². The van der Waals surface area contributed by atoms with Crippen LogP contribution in [0.15, 0.2) is 37.1 Å². The highest BCUT2D eigenvalue weighted by Crippen LogP contribution is 2.28. The second kappa shape index (κ2) is 6.92. The molecule has 1 fully saturated rings. The molecule has 0 radical (unpaired) electrons. The number of likely N-dealkylation sites (N-methyl/N-ethyl adjacent to an activating group) is 1. The lowest BCUT2D eigenvalue weighted by Gasteiger charge is -2.29. The summed E-state index contributed by atoms with van der Waals surface area (Å²) in [5.74, 6) is 0.419. The van der Waals surface area contributed by atoms with Crippen molar-refractivity contribution in [3.8, 4) is 5.75 Å². The molecule has 0 aliphatic heterocycles. The van der Waals surface area contributed by atoms with Gasteiger partial charge in [0.25, 0.3) is 5.91 Å². The average molecular weight is 328 g/mol. The number of ether oxygens (including phenoxy) is 1. The average Bonchev–Trinajstić information content (AvgIpc) is 2.96. The van der Waals surface area contributed by atoms with Crippen LogP contribution in [0.4, 0.5) is 0 Å². The second-order valence-electron chi connectivity index (χ2n) is 5.92. The fraction of sp³-hybridized carbons (Fsp3) is 0.412. The normalized spacial score (nSPS) is 23.0. The Labute approximate surface area is 140 Å². The summed E-state index contributed by atoms with van der Waals surface area (Å²) in [4.78, 5) is 26.2. The van der Waals surface area contributed by atoms with E-state index >= 15 is 0 Å². The van der Waals surface area contributed by atoms with Gasteiger partial charge in [-0.2, -0.15) is 0 Å². The molecule has 7 heteroatoms. The summed E-state index contributed by atoms with van der Waals surface area (Å²) in [6.45, 7) is 1.77. The molecule has 2 aromatic rings. The molecule has 0 unspecified atom stereocenters. The van der Waals surface area contributed by atoms with E-state index in [0.29, 0.717) is 29.8 Å². The van der Waals surface area contributed by atoms with Crippen LogP contribution in [0.1, 0.15) is 28.9 Å². The highest BCUT2D eigenvalue weighted by Gasteiger charge is 2.40. The second-order valence-corrected chi connectivity index (χ2v) is 5.92. The van der Waals surface area contributed by atoms with E-state index in [9.17, 15) is 9.90 Å². The summed E-state index contributed by atoms with van der Waals surface area (Å²) >= 11 is 0. The van der Waals surface area contributed by atoms with Crippen molar-refractivity contribution in [3.05, 3.63) is 48.3 Å². The molecule has 0 saturated heterocycles. The minimum absolute atomic E-state index is 0.195. The molecule has 7 nitrogen and oxygen atoms in total. The zero-order valence-electron chi connectivity index (χ0n) is 13.7. The number of hydrogen-bond donors (Lipinski definition) is 1. The van der Waals surface area contributed by atoms with Crippen molar-refractivity contribution in [2.24, 2.45) is 0 Å². The molecule has 126 valence electrons. The monoisotopic (exact) mass is 328 g/mol. The first kappa shape index (κ1) is 16.3. The number of pyridine rings is 1. The number of aryl methyl sites for hydroxylation is 1. The van der Waals surface area contributed by atoms with E-state index < -0.39 is 6.10 Å². The molecule has 3 atom stereocenters. The molecule has 1 saturated carbocycles. The van der Waals surface area contributed by atoms with Crippen LogP contribution in [-0.2, 0) is 0 Å². The van der Waals surface area contributed by atoms with E-state index in [2.05, 4.69) is 15.0 Å². The topological polar surface area (TPSA) is 88.4 Å². The highest BCUT2D eigenvalue weighted by molar-refractivity contribution is 5.95. The van der Waals surface area contributed by atoms with E-state index in [1.165, 1.54) is 12.5 Å². The first-order valence-corrected chi connectivity index (χ1v) is 7.86. The van der Waals surface area contributed by atoms with E-state index in [4.69, 9.17) is 4.74 Å². The number of aliphatic hydroxyl groups is 1. The Kier molecular flexibility index (Phi) is 4.71. The third-order valence-corrected chi connectivity index (χ3v) is 4.40. The Bertz CT molecular complexity index is 710. The van der Waals surface area contributed by atoms with E-state index in [0.717, 1.165) is 0 Å². The number of nitrogens with zero attached hydrogens (tertiary/aromatic N) is 4. The van der Waals surface area contributed by atoms with Gasteiger partial charge in [-0.25, -0.2) is 9.97 Å². The fourth-order valence-corrected chi connectivity index (χ4v) is 3.01. The summed E-state index contributed by atoms with van der Waals surface area (Å²) in [7, 11) is 1.69. The Morgan fingerprint density at radius 1 is 1.33 bits per heavy atom. The van der Waals surface area contributed by atoms with Crippen molar-refractivity contribution in [2.45, 2.75) is 38.0 Å². The van der Waals surface area contributed by atoms with Gasteiger partial charge in [-0.3, -0.25) is 9.78 Å². The van der Waals surface area contributed by atoms with Gasteiger partial charge in [0.05, 0.1) is 23.5 Å². The number of aliphatic hydroxyl groups excluding tert-OH is 1. The fourth-order valence-electron chi connectivity index (χ4n) is 3.01. The molecule has 0 spiro atoms. The van der Waals surface area contributed by atoms with Gasteiger partial charge in [0.1, 0.15) is 24.3 Å². The van der Waals surface area contributed by atoms with Gasteiger partial charge < -0.3 is 14.7 Å². The van der Waals surface area contributed by atoms with Crippen molar-refractivity contribution < 1.29 is 14.6 Å². The zero-order valence-corrected chi connectivity index (χ0v) is 13.7. The van der Waals surface area contributed by atoms with Crippen molar-refractivity contribution in [1.82, 2.24) is 19.9 Å². The largest absolute Gasteiger partial charge is 0.486 e. The lowest BCUT2D eigenvalue weighted by atomic mass is 10.1. The number of carbonyl (C=O) groups excluding carboxylic acids is 1. The number of rotatable bonds is 4. The van der Waals surface area contributed by atoms with Crippen LogP contribution in [0, 0.1) is 6.92 Å². The quantitative estimate of drug-likeness (QED) is 0.908. The zero-order chi connectivity index (χ0) is 17.1. The molecule has 1 amide bonds. The van der Waals surface area contributed by atoms with Gasteiger partial charge in [0.15, 0.2) is 0 Å². The Balaban J connectivity index is 1.69. The van der Waals surface area contributed by atoms with Crippen molar-refractivity contribution in [3.63, 3.8) is 0 Å². The highest BCUT2D eigenvalue weighted by atomic mass is 16.5. The predicted molar refractivity (Wildman–Crippen MR) is 86.5 cm³/mol. The SMILES string of the molecule is Cc1ncncc1C(=O)N(C)[C@@H]1CC[C@@H](Oc2cccnc2)[C@@H]1O. The van der Waals surface area contributed by atoms with Crippen LogP contribution < -0.4 is 4.74 Å². The number of hydrogen-bond acceptors (Lipinski definition) is 6. The third-order valence-electron chi connectivity index (χ3n) is 4.40. The Hall–Kier alpha value is -2.54. The van der Waals surface area contributed by atoms with Crippen LogP contribution in [0.5, 0.6) is 5.75 Å². The maximum Gasteiger partial charge on any atom is 0.257 e. The smallest absolute Gasteiger partial charge is 0.257 e. The van der Waals surface area contributed by atoms with Crippen molar-refractivity contribution in [2.75, 3.05) is 7.05 Å². The molecular weight excluding hydrogens is 308 g/mol. The van der Waals surface area contributed by atoms with Crippen molar-refractivity contribution in [1.29, 1.82) is 0 Å². The predicted octanol–water partition coefficient (Wildman–Crippen LogP) is 1.22. The van der Waals surface area contributed by atoms with Crippen LogP contribution in [0.2, 0.25) is 0 Å². The number of carbonyl (C=O) groups is 1. The van der Waals surface area contributed by atoms with Crippen molar-refractivity contribution >= 4 is 5.91 Å². The number of aromatic nitrogens is 3. The van der Waals surface area contributed by atoms with Crippen LogP contribution in [0.3, 0.4) is 0 Å². The van der Waals surface area contributed by atoms with Gasteiger partial charge in [-0.1, -0.05) is 0 Å². The molecule has 0 aromatic carbocycles. The van der Waals surface area contributed by atoms with Crippen LogP contribution in [-0.4, -0.2) is 56.2 Å². The molecule has 2 heterocycles. The van der Waals surface area contributed by atoms with Gasteiger partial charge in [-0.15, -0.1) is 0 Å². The van der Waals surface area contributed by atoms with Gasteiger partial charge >= 0.3 is 0 Å². The first-order valence-electron chi connectivity index (χ1n) is 7.86. The summed E-state index contributed by atoms with van der Waals surface area (Å²) < 4.78 is 5.80. The van der Waals surface area contributed by atoms with E-state index in [1.54, 1.807) is 43.4 Å². The molecule has 2 aromatic heterocycles. The lowest BCUT2D eigenvalue weighted by molar-refractivity contribution is 0.0165. The summed E-state index contributed by atoms with van der Waals surface area (Å²) in [5.41, 5.74) is 1.07. The van der Waals surface area contributed by atoms with Gasteiger partial charge in [-0.05, 0) is 31.9 Å². The Morgan fingerprint density at radius 2 is 2.17 bits per heavy atom. The van der Waals surface area contributed by atoms with E-state index in [1.807, 2.05) is 0 Å². The van der Waals surface area contributed by atoms with E-state index in [-0.39, 0.29) is 18.1 Å². The molecule has 3 rings (SSSR count). The summed E-state index contributed by atoms with van der Waals surface area (Å²) in [6, 6.07) is 3.27. The van der Waals surface area contributed by atoms with Gasteiger partial charge in [0.2, 0.25) is 0 Å². The molecule has 24 heavy (non-hydrogen) atoms. The first-order chi connectivity index (χ1) is 11.6. The minimum atomic E-state index is -0.760. The maximum absolute atomic E-state index is 12.6. The summed E-state index contributed by atoms with van der Waals surface area (Å²) in [6.07, 6.45) is 6.41. The lowest BCUT2D eigenvalue weighted by Crippen LogP contribution is -2.45. The molecule has 0 bridgehead atoms. The standard InChI is InChI=1S/C17H20N4O3/c1-11-13(9-19-10-20-11)17(23)21(2)14-5-6-15(16(14)22)24-12-4-3-7-18-8-12/h3-4,7-10,14-16,22H,5-6H2,1-2H3/t14-,15-,16-/m1/s1.